The van der Waals surface area contributed by atoms with Gasteiger partial charge >= 0.3 is 11.9 Å². The van der Waals surface area contributed by atoms with Crippen molar-refractivity contribution in [2.24, 2.45) is 11.8 Å². The molecule has 2 atom stereocenters. The van der Waals surface area contributed by atoms with E-state index in [1.54, 1.807) is 0 Å². The van der Waals surface area contributed by atoms with E-state index in [9.17, 15) is 18.0 Å². The number of hydrogen-bond acceptors (Lipinski definition) is 7. The maximum atomic E-state index is 11.5. The Kier molecular flexibility index (Phi) is 13.1. The Balaban J connectivity index is 0.000000620. The predicted octanol–water partition coefficient (Wildman–Crippen LogP) is 3.74. The number of rotatable bonds is 7. The van der Waals surface area contributed by atoms with Crippen molar-refractivity contribution >= 4 is 22.0 Å². The molecule has 0 aromatic rings. The number of carbonyl (C=O) groups excluding carboxylic acids is 2. The van der Waals surface area contributed by atoms with Crippen LogP contribution < -0.4 is 5.32 Å². The fraction of sp³-hybridized carbons (Fsp3) is 0.917. The second-order valence-electron chi connectivity index (χ2n) is 10.9. The van der Waals surface area contributed by atoms with Crippen molar-refractivity contribution < 1.29 is 27.5 Å². The Morgan fingerprint density at radius 1 is 0.909 bits per heavy atom. The van der Waals surface area contributed by atoms with Crippen LogP contribution in [0.15, 0.2) is 0 Å². The van der Waals surface area contributed by atoms with Gasteiger partial charge in [-0.2, -0.15) is 0 Å². The van der Waals surface area contributed by atoms with Crippen molar-refractivity contribution in [2.75, 3.05) is 32.4 Å². The molecule has 0 radical (unpaired) electrons. The number of ether oxygens (including phenoxy) is 2. The molecule has 2 fully saturated rings. The first-order valence-corrected chi connectivity index (χ1v) is 13.5. The maximum Gasteiger partial charge on any atom is 0.306 e. The Bertz CT molecular complexity index is 703. The van der Waals surface area contributed by atoms with Crippen molar-refractivity contribution in [1.82, 2.24) is 9.62 Å². The molecule has 2 aliphatic heterocycles. The first kappa shape index (κ1) is 31.8. The van der Waals surface area contributed by atoms with E-state index >= 15 is 0 Å². The minimum atomic E-state index is -3.09. The van der Waals surface area contributed by atoms with Crippen LogP contribution in [0.1, 0.15) is 87.5 Å². The molecular formula is C24H48N2O6S. The number of carbonyl (C=O) groups is 2. The summed E-state index contributed by atoms with van der Waals surface area (Å²) >= 11 is 0. The van der Waals surface area contributed by atoms with Crippen LogP contribution in [0, 0.1) is 11.8 Å². The van der Waals surface area contributed by atoms with Gasteiger partial charge < -0.3 is 14.8 Å². The summed E-state index contributed by atoms with van der Waals surface area (Å²) in [4.78, 5) is 22.9. The highest BCUT2D eigenvalue weighted by molar-refractivity contribution is 7.88. The second kappa shape index (κ2) is 13.6. The molecule has 0 amide bonds. The topological polar surface area (TPSA) is 102 Å². The Morgan fingerprint density at radius 3 is 1.76 bits per heavy atom. The quantitative estimate of drug-likeness (QED) is 0.540. The third kappa shape index (κ3) is 15.4. The minimum absolute atomic E-state index is 0. The van der Waals surface area contributed by atoms with Crippen LogP contribution in [0.4, 0.5) is 0 Å². The molecule has 9 heteroatoms. The van der Waals surface area contributed by atoms with Crippen LogP contribution in [0.25, 0.3) is 0 Å². The summed E-state index contributed by atoms with van der Waals surface area (Å²) in [6.45, 7) is 14.5. The van der Waals surface area contributed by atoms with Gasteiger partial charge in [-0.25, -0.2) is 12.7 Å². The van der Waals surface area contributed by atoms with Crippen LogP contribution in [0.3, 0.4) is 0 Å². The normalized spacial score (nSPS) is 21.5. The highest BCUT2D eigenvalue weighted by Gasteiger charge is 2.29. The van der Waals surface area contributed by atoms with Crippen LogP contribution in [0.5, 0.6) is 0 Å². The van der Waals surface area contributed by atoms with Gasteiger partial charge in [0.05, 0.1) is 6.26 Å². The lowest BCUT2D eigenvalue weighted by atomic mass is 10.0. The third-order valence-corrected chi connectivity index (χ3v) is 6.50. The SMILES string of the molecule is C.CC(C)(C)OC(=O)CCC1CCN(S(C)(=O)=O)C1.CC(C)(C)OC(=O)CCC1CCNC1. The molecule has 33 heavy (non-hydrogen) atoms. The first-order chi connectivity index (χ1) is 14.5. The monoisotopic (exact) mass is 492 g/mol. The number of nitrogens with one attached hydrogen (secondary N) is 1. The Hall–Kier alpha value is -1.19. The molecule has 2 rings (SSSR count). The van der Waals surface area contributed by atoms with E-state index in [0.717, 1.165) is 25.9 Å². The van der Waals surface area contributed by atoms with E-state index in [1.807, 2.05) is 41.5 Å². The molecule has 2 heterocycles. The standard InChI is InChI=1S/C12H23NO4S.C11H21NO2.CH4/c1-12(2,3)17-11(14)6-5-10-7-8-13(9-10)18(4,15)16;1-11(2,3)14-10(13)5-4-9-6-7-12-8-9;/h10H,5-9H2,1-4H3;9,12H,4-8H2,1-3H3;1H4. The molecule has 0 spiro atoms. The van der Waals surface area contributed by atoms with Crippen LogP contribution in [0.2, 0.25) is 0 Å². The number of hydrogen-bond donors (Lipinski definition) is 1. The van der Waals surface area contributed by atoms with Gasteiger partial charge in [0.1, 0.15) is 11.2 Å². The number of esters is 2. The van der Waals surface area contributed by atoms with E-state index in [2.05, 4.69) is 5.32 Å². The van der Waals surface area contributed by atoms with Crippen molar-refractivity contribution in [3.05, 3.63) is 0 Å². The molecular weight excluding hydrogens is 444 g/mol. The van der Waals surface area contributed by atoms with Gasteiger partial charge in [0, 0.05) is 25.9 Å². The zero-order valence-electron chi connectivity index (χ0n) is 21.0. The fourth-order valence-corrected chi connectivity index (χ4v) is 4.64. The van der Waals surface area contributed by atoms with Crippen LogP contribution >= 0.6 is 0 Å². The molecule has 0 aliphatic carbocycles. The summed E-state index contributed by atoms with van der Waals surface area (Å²) in [5, 5.41) is 3.29. The fourth-order valence-electron chi connectivity index (χ4n) is 3.72. The predicted molar refractivity (Wildman–Crippen MR) is 132 cm³/mol. The smallest absolute Gasteiger partial charge is 0.306 e. The Morgan fingerprint density at radius 2 is 1.39 bits per heavy atom. The second-order valence-corrected chi connectivity index (χ2v) is 12.9. The highest BCUT2D eigenvalue weighted by atomic mass is 32.2. The molecule has 8 nitrogen and oxygen atoms in total. The molecule has 0 aromatic carbocycles. The third-order valence-electron chi connectivity index (χ3n) is 5.23. The lowest BCUT2D eigenvalue weighted by Gasteiger charge is -2.20. The van der Waals surface area contributed by atoms with Gasteiger partial charge in [0.25, 0.3) is 0 Å². The molecule has 2 saturated heterocycles. The summed E-state index contributed by atoms with van der Waals surface area (Å²) in [6, 6.07) is 0. The van der Waals surface area contributed by atoms with Gasteiger partial charge in [-0.15, -0.1) is 0 Å². The summed E-state index contributed by atoms with van der Waals surface area (Å²) in [6.07, 6.45) is 5.83. The minimum Gasteiger partial charge on any atom is -0.460 e. The van der Waals surface area contributed by atoms with Gasteiger partial charge in [-0.05, 0) is 92.2 Å². The molecule has 0 saturated carbocycles. The van der Waals surface area contributed by atoms with Crippen molar-refractivity contribution in [1.29, 1.82) is 0 Å². The van der Waals surface area contributed by atoms with Crippen LogP contribution in [-0.4, -0.2) is 68.3 Å². The van der Waals surface area contributed by atoms with Crippen molar-refractivity contribution in [2.45, 2.75) is 98.7 Å². The van der Waals surface area contributed by atoms with Gasteiger partial charge in [0.2, 0.25) is 10.0 Å². The summed E-state index contributed by atoms with van der Waals surface area (Å²) < 4.78 is 34.6. The van der Waals surface area contributed by atoms with E-state index < -0.39 is 15.6 Å². The lowest BCUT2D eigenvalue weighted by molar-refractivity contribution is -0.156. The maximum absolute atomic E-state index is 11.5. The molecule has 196 valence electrons. The van der Waals surface area contributed by atoms with Crippen molar-refractivity contribution in [3.63, 3.8) is 0 Å². The number of nitrogens with zero attached hydrogens (tertiary/aromatic N) is 1. The van der Waals surface area contributed by atoms with Gasteiger partial charge in [-0.3, -0.25) is 9.59 Å². The molecule has 2 unspecified atom stereocenters. The summed E-state index contributed by atoms with van der Waals surface area (Å²) in [5.74, 6) is 0.666. The van der Waals surface area contributed by atoms with Gasteiger partial charge in [0.15, 0.2) is 0 Å². The molecule has 0 aromatic heterocycles. The number of sulfonamides is 1. The van der Waals surface area contributed by atoms with Crippen LogP contribution in [-0.2, 0) is 29.1 Å². The van der Waals surface area contributed by atoms with Crippen molar-refractivity contribution in [3.8, 4) is 0 Å². The van der Waals surface area contributed by atoms with E-state index in [-0.39, 0.29) is 30.9 Å². The highest BCUT2D eigenvalue weighted by Crippen LogP contribution is 2.23. The summed E-state index contributed by atoms with van der Waals surface area (Å²) in [5.41, 5.74) is -0.795. The molecule has 1 N–H and O–H groups in total. The zero-order chi connectivity index (χ0) is 24.6. The van der Waals surface area contributed by atoms with E-state index in [1.165, 1.54) is 17.0 Å². The molecule has 0 bridgehead atoms. The molecule has 2 aliphatic rings. The zero-order valence-corrected chi connectivity index (χ0v) is 21.8. The first-order valence-electron chi connectivity index (χ1n) is 11.6. The van der Waals surface area contributed by atoms with E-state index in [4.69, 9.17) is 9.47 Å². The summed E-state index contributed by atoms with van der Waals surface area (Å²) in [7, 11) is -3.09. The van der Waals surface area contributed by atoms with E-state index in [0.29, 0.717) is 38.3 Å². The Labute approximate surface area is 202 Å². The lowest BCUT2D eigenvalue weighted by Crippen LogP contribution is -2.27. The van der Waals surface area contributed by atoms with Gasteiger partial charge in [-0.1, -0.05) is 7.43 Å². The average Bonchev–Trinajstić information content (AvgIpc) is 3.27. The average molecular weight is 493 g/mol. The largest absolute Gasteiger partial charge is 0.460 e.